The van der Waals surface area contributed by atoms with E-state index in [1.165, 1.54) is 29.1 Å². The molecule has 164 valence electrons. The van der Waals surface area contributed by atoms with E-state index in [9.17, 15) is 23.5 Å². The molecule has 10 heteroatoms. The third-order valence-electron chi connectivity index (χ3n) is 5.17. The SMILES string of the molecule is CC1CCCC(n2ccc(O)cc2=O)c2cc(ccn2)/C(NC(F)F)=C(/C=N)NC1=O. The molecule has 3 heterocycles. The van der Waals surface area contributed by atoms with Crippen molar-refractivity contribution in [1.82, 2.24) is 20.2 Å². The van der Waals surface area contributed by atoms with Crippen LogP contribution in [0.2, 0.25) is 0 Å². The average molecular weight is 431 g/mol. The van der Waals surface area contributed by atoms with Gasteiger partial charge in [0.2, 0.25) is 5.91 Å². The van der Waals surface area contributed by atoms with Crippen LogP contribution in [-0.4, -0.2) is 33.3 Å². The van der Waals surface area contributed by atoms with Crippen LogP contribution in [0.25, 0.3) is 5.70 Å². The van der Waals surface area contributed by atoms with Gasteiger partial charge in [-0.1, -0.05) is 13.3 Å². The lowest BCUT2D eigenvalue weighted by Gasteiger charge is -2.23. The average Bonchev–Trinajstić information content (AvgIpc) is 2.73. The van der Waals surface area contributed by atoms with E-state index in [0.29, 0.717) is 25.0 Å². The molecule has 2 atom stereocenters. The Balaban J connectivity index is 2.19. The number of nitrogens with zero attached hydrogens (tertiary/aromatic N) is 2. The van der Waals surface area contributed by atoms with Crippen molar-refractivity contribution in [3.63, 3.8) is 0 Å². The highest BCUT2D eigenvalue weighted by atomic mass is 19.3. The molecule has 0 aliphatic carbocycles. The van der Waals surface area contributed by atoms with Crippen LogP contribution in [0.5, 0.6) is 5.75 Å². The van der Waals surface area contributed by atoms with E-state index in [1.807, 2.05) is 5.32 Å². The van der Waals surface area contributed by atoms with Crippen LogP contribution in [0.1, 0.15) is 43.5 Å². The number of fused-ring (bicyclic) bond motifs is 2. The summed E-state index contributed by atoms with van der Waals surface area (Å²) in [5, 5.41) is 21.8. The van der Waals surface area contributed by atoms with Crippen LogP contribution in [0, 0.1) is 11.3 Å². The van der Waals surface area contributed by atoms with Crippen molar-refractivity contribution in [2.45, 2.75) is 38.8 Å². The van der Waals surface area contributed by atoms with Gasteiger partial charge in [-0.15, -0.1) is 0 Å². The Hall–Kier alpha value is -3.56. The molecule has 3 rings (SSSR count). The summed E-state index contributed by atoms with van der Waals surface area (Å²) in [4.78, 5) is 29.4. The van der Waals surface area contributed by atoms with E-state index in [2.05, 4.69) is 10.3 Å². The van der Waals surface area contributed by atoms with Crippen LogP contribution >= 0.6 is 0 Å². The van der Waals surface area contributed by atoms with Crippen molar-refractivity contribution < 1.29 is 18.7 Å². The monoisotopic (exact) mass is 431 g/mol. The van der Waals surface area contributed by atoms with Gasteiger partial charge in [-0.3, -0.25) is 14.6 Å². The lowest BCUT2D eigenvalue weighted by atomic mass is 9.96. The largest absolute Gasteiger partial charge is 0.508 e. The van der Waals surface area contributed by atoms with E-state index >= 15 is 0 Å². The van der Waals surface area contributed by atoms with Gasteiger partial charge in [0.1, 0.15) is 5.75 Å². The van der Waals surface area contributed by atoms with E-state index in [-0.39, 0.29) is 28.6 Å². The highest BCUT2D eigenvalue weighted by molar-refractivity contribution is 5.95. The Morgan fingerprint density at radius 3 is 2.77 bits per heavy atom. The topological polar surface area (TPSA) is 120 Å². The zero-order valence-corrected chi connectivity index (χ0v) is 16.8. The summed E-state index contributed by atoms with van der Waals surface area (Å²) in [6, 6.07) is 4.98. The van der Waals surface area contributed by atoms with E-state index < -0.39 is 24.1 Å². The molecule has 0 saturated heterocycles. The Kier molecular flexibility index (Phi) is 6.78. The fraction of sp³-hybridized carbons (Fsp3) is 0.333. The minimum atomic E-state index is -2.93. The lowest BCUT2D eigenvalue weighted by molar-refractivity contribution is -0.123. The lowest BCUT2D eigenvalue weighted by Crippen LogP contribution is -2.33. The third kappa shape index (κ3) is 5.14. The highest BCUT2D eigenvalue weighted by Gasteiger charge is 2.23. The molecule has 2 unspecified atom stereocenters. The summed E-state index contributed by atoms with van der Waals surface area (Å²) < 4.78 is 27.9. The van der Waals surface area contributed by atoms with Gasteiger partial charge in [0.05, 0.1) is 23.1 Å². The number of alkyl halides is 2. The summed E-state index contributed by atoms with van der Waals surface area (Å²) in [6.45, 7) is -1.22. The molecule has 2 bridgehead atoms. The maximum Gasteiger partial charge on any atom is 0.313 e. The van der Waals surface area contributed by atoms with Gasteiger partial charge >= 0.3 is 6.55 Å². The molecule has 31 heavy (non-hydrogen) atoms. The molecular formula is C21H23F2N5O3. The molecule has 0 fully saturated rings. The number of hydrogen-bond donors (Lipinski definition) is 4. The summed E-state index contributed by atoms with van der Waals surface area (Å²) in [5.41, 5.74) is 0.105. The molecule has 2 aromatic heterocycles. The van der Waals surface area contributed by atoms with Gasteiger partial charge in [0, 0.05) is 36.2 Å². The number of carbonyl (C=O) groups excluding carboxylic acids is 1. The molecular weight excluding hydrogens is 408 g/mol. The Morgan fingerprint density at radius 1 is 1.32 bits per heavy atom. The Morgan fingerprint density at radius 2 is 2.10 bits per heavy atom. The van der Waals surface area contributed by atoms with Crippen LogP contribution in [0.4, 0.5) is 8.78 Å². The van der Waals surface area contributed by atoms with Gasteiger partial charge in [0.25, 0.3) is 5.56 Å². The zero-order valence-electron chi connectivity index (χ0n) is 16.8. The number of aromatic nitrogens is 2. The minimum absolute atomic E-state index is 0.0896. The number of pyridine rings is 2. The Bertz CT molecular complexity index is 1070. The summed E-state index contributed by atoms with van der Waals surface area (Å²) >= 11 is 0. The molecule has 2 aromatic rings. The first-order valence-corrected chi connectivity index (χ1v) is 9.78. The molecule has 1 amide bonds. The summed E-state index contributed by atoms with van der Waals surface area (Å²) in [7, 11) is 0. The second-order valence-corrected chi connectivity index (χ2v) is 7.31. The number of amides is 1. The Labute approximate surface area is 177 Å². The van der Waals surface area contributed by atoms with E-state index in [4.69, 9.17) is 5.41 Å². The smallest absolute Gasteiger partial charge is 0.313 e. The minimum Gasteiger partial charge on any atom is -0.508 e. The van der Waals surface area contributed by atoms with Gasteiger partial charge in [0.15, 0.2) is 0 Å². The van der Waals surface area contributed by atoms with Crippen molar-refractivity contribution >= 4 is 17.8 Å². The standard InChI is InChI=1S/C21H23F2N5O3/c1-12-3-2-4-17(28-8-6-14(29)10-18(28)30)15-9-13(5-7-25-15)19(27-21(22)23)16(11-24)26-20(12)31/h5-12,17,21,24,27,29H,2-4H2,1H3,(H,26,31)/b19-16+,24-11?. The van der Waals surface area contributed by atoms with Crippen molar-refractivity contribution in [2.75, 3.05) is 0 Å². The van der Waals surface area contributed by atoms with Crippen LogP contribution in [-0.2, 0) is 4.79 Å². The fourth-order valence-corrected chi connectivity index (χ4v) is 3.55. The first-order valence-electron chi connectivity index (χ1n) is 9.78. The van der Waals surface area contributed by atoms with Crippen LogP contribution < -0.4 is 16.2 Å². The second kappa shape index (κ2) is 9.50. The van der Waals surface area contributed by atoms with Crippen LogP contribution in [0.15, 0.2) is 47.2 Å². The molecule has 0 aromatic carbocycles. The highest BCUT2D eigenvalue weighted by Crippen LogP contribution is 2.27. The quantitative estimate of drug-likeness (QED) is 0.438. The van der Waals surface area contributed by atoms with Crippen molar-refractivity contribution in [3.05, 3.63) is 64.0 Å². The molecule has 0 saturated carbocycles. The molecule has 1 aliphatic rings. The summed E-state index contributed by atoms with van der Waals surface area (Å²) in [6.07, 6.45) is 5.23. The number of nitrogens with one attached hydrogen (secondary N) is 3. The molecule has 0 spiro atoms. The number of rotatable bonds is 4. The van der Waals surface area contributed by atoms with Crippen molar-refractivity contribution in [3.8, 4) is 5.75 Å². The maximum atomic E-state index is 13.2. The van der Waals surface area contributed by atoms with Gasteiger partial charge in [-0.2, -0.15) is 8.78 Å². The fourth-order valence-electron chi connectivity index (χ4n) is 3.55. The number of hydrogen-bond acceptors (Lipinski definition) is 6. The second-order valence-electron chi connectivity index (χ2n) is 7.31. The zero-order chi connectivity index (χ0) is 22.5. The molecule has 4 N–H and O–H groups in total. The van der Waals surface area contributed by atoms with Gasteiger partial charge in [-0.05, 0) is 31.0 Å². The number of allylic oxidation sites excluding steroid dienone is 1. The number of aromatic hydroxyl groups is 1. The van der Waals surface area contributed by atoms with E-state index in [0.717, 1.165) is 12.3 Å². The molecule has 1 aliphatic heterocycles. The normalized spacial score (nSPS) is 22.3. The summed E-state index contributed by atoms with van der Waals surface area (Å²) in [5.74, 6) is -0.991. The molecule has 8 nitrogen and oxygen atoms in total. The van der Waals surface area contributed by atoms with Crippen molar-refractivity contribution in [2.24, 2.45) is 5.92 Å². The number of carbonyl (C=O) groups is 1. The van der Waals surface area contributed by atoms with Gasteiger partial charge < -0.3 is 25.7 Å². The van der Waals surface area contributed by atoms with Gasteiger partial charge in [-0.25, -0.2) is 0 Å². The predicted molar refractivity (Wildman–Crippen MR) is 111 cm³/mol. The van der Waals surface area contributed by atoms with Crippen molar-refractivity contribution in [1.29, 1.82) is 5.41 Å². The predicted octanol–water partition coefficient (Wildman–Crippen LogP) is 2.60. The first kappa shape index (κ1) is 22.1. The van der Waals surface area contributed by atoms with Crippen LogP contribution in [0.3, 0.4) is 0 Å². The first-order chi connectivity index (χ1) is 14.8. The third-order valence-corrected chi connectivity index (χ3v) is 5.17. The van der Waals surface area contributed by atoms with E-state index in [1.54, 1.807) is 13.0 Å². The molecule has 0 radical (unpaired) electrons. The number of halogens is 2. The maximum absolute atomic E-state index is 13.2.